The summed E-state index contributed by atoms with van der Waals surface area (Å²) in [4.78, 5) is 24.6. The number of hydrogen-bond donors (Lipinski definition) is 0. The number of cyclic esters (lactones) is 1. The van der Waals surface area contributed by atoms with Gasteiger partial charge in [-0.2, -0.15) is 0 Å². The van der Waals surface area contributed by atoms with Gasteiger partial charge in [-0.25, -0.2) is 9.69 Å². The molecule has 2 amide bonds. The maximum absolute atomic E-state index is 12.0. The molecule has 1 aliphatic rings. The molecule has 6 heteroatoms. The number of carbonyl (C=O) groups is 2. The van der Waals surface area contributed by atoms with Gasteiger partial charge in [0.15, 0.2) is 0 Å². The van der Waals surface area contributed by atoms with Gasteiger partial charge in [0.05, 0.1) is 5.69 Å². The first-order valence-electron chi connectivity index (χ1n) is 5.06. The Morgan fingerprint density at radius 1 is 1.28 bits per heavy atom. The van der Waals surface area contributed by atoms with Crippen molar-refractivity contribution in [1.29, 1.82) is 0 Å². The van der Waals surface area contributed by atoms with Gasteiger partial charge in [0, 0.05) is 10.0 Å². The highest BCUT2D eigenvalue weighted by molar-refractivity contribution is 6.35. The van der Waals surface area contributed by atoms with Gasteiger partial charge in [-0.3, -0.25) is 4.79 Å². The number of nitrogens with zero attached hydrogens (tertiary/aromatic N) is 1. The van der Waals surface area contributed by atoms with Crippen LogP contribution in [0.5, 0.6) is 0 Å². The van der Waals surface area contributed by atoms with E-state index in [1.54, 1.807) is 6.92 Å². The Morgan fingerprint density at radius 3 is 2.28 bits per heavy atom. The lowest BCUT2D eigenvalue weighted by atomic mass is 10.2. The van der Waals surface area contributed by atoms with Crippen molar-refractivity contribution in [3.8, 4) is 0 Å². The van der Waals surface area contributed by atoms with Gasteiger partial charge < -0.3 is 4.74 Å². The molecule has 0 N–H and O–H groups in total. The first kappa shape index (κ1) is 12.9. The van der Waals surface area contributed by atoms with Crippen LogP contribution in [0.15, 0.2) is 30.4 Å². The lowest BCUT2D eigenvalue weighted by Crippen LogP contribution is -2.31. The number of rotatable bonds is 2. The van der Waals surface area contributed by atoms with Crippen molar-refractivity contribution in [1.82, 2.24) is 0 Å². The van der Waals surface area contributed by atoms with E-state index in [1.165, 1.54) is 18.2 Å². The van der Waals surface area contributed by atoms with E-state index in [0.29, 0.717) is 15.6 Å². The van der Waals surface area contributed by atoms with Gasteiger partial charge in [-0.15, -0.1) is 0 Å². The molecular formula is C12H9Cl2NO3. The maximum atomic E-state index is 12.0. The molecule has 0 aromatic heterocycles. The largest absolute Gasteiger partial charge is 0.431 e. The molecule has 0 saturated carbocycles. The van der Waals surface area contributed by atoms with E-state index in [9.17, 15) is 9.59 Å². The van der Waals surface area contributed by atoms with Crippen LogP contribution >= 0.6 is 23.2 Å². The third-order valence-electron chi connectivity index (χ3n) is 2.40. The van der Waals surface area contributed by atoms with E-state index in [4.69, 9.17) is 27.9 Å². The van der Waals surface area contributed by atoms with Crippen LogP contribution in [-0.4, -0.2) is 18.1 Å². The predicted molar refractivity (Wildman–Crippen MR) is 69.0 cm³/mol. The first-order valence-corrected chi connectivity index (χ1v) is 5.82. The fraction of sp³-hybridized carbons (Fsp3) is 0.167. The van der Waals surface area contributed by atoms with Gasteiger partial charge in [-0.1, -0.05) is 29.8 Å². The number of anilines is 1. The Hall–Kier alpha value is -1.52. The minimum atomic E-state index is -0.949. The average molecular weight is 286 g/mol. The van der Waals surface area contributed by atoms with E-state index in [2.05, 4.69) is 6.58 Å². The number of amides is 2. The summed E-state index contributed by atoms with van der Waals surface area (Å²) in [6.45, 7) is 5.22. The second-order valence-corrected chi connectivity index (χ2v) is 4.78. The molecule has 1 aliphatic heterocycles. The van der Waals surface area contributed by atoms with Crippen LogP contribution in [0.1, 0.15) is 6.92 Å². The smallest absolute Gasteiger partial charge is 0.422 e. The summed E-state index contributed by atoms with van der Waals surface area (Å²) in [7, 11) is 0. The van der Waals surface area contributed by atoms with E-state index < -0.39 is 18.1 Å². The van der Waals surface area contributed by atoms with E-state index in [1.807, 2.05) is 0 Å². The molecule has 1 unspecified atom stereocenters. The summed E-state index contributed by atoms with van der Waals surface area (Å²) in [5.41, 5.74) is 0.746. The SMILES string of the molecule is C=C(C)C1OC(=O)N(c2cc(Cl)cc(Cl)c2)C1=O. The second-order valence-electron chi connectivity index (χ2n) is 3.91. The fourth-order valence-electron chi connectivity index (χ4n) is 1.62. The minimum absolute atomic E-state index is 0.284. The molecule has 1 atom stereocenters. The summed E-state index contributed by atoms with van der Waals surface area (Å²) in [6, 6.07) is 4.44. The highest BCUT2D eigenvalue weighted by Gasteiger charge is 2.42. The van der Waals surface area contributed by atoms with Crippen molar-refractivity contribution in [2.75, 3.05) is 4.90 Å². The fourth-order valence-corrected chi connectivity index (χ4v) is 2.14. The van der Waals surface area contributed by atoms with Crippen LogP contribution in [0.2, 0.25) is 10.0 Å². The third kappa shape index (κ3) is 2.21. The first-order chi connectivity index (χ1) is 8.40. The van der Waals surface area contributed by atoms with Gasteiger partial charge in [-0.05, 0) is 30.7 Å². The highest BCUT2D eigenvalue weighted by atomic mass is 35.5. The number of imide groups is 1. The van der Waals surface area contributed by atoms with Crippen molar-refractivity contribution in [2.24, 2.45) is 0 Å². The van der Waals surface area contributed by atoms with Gasteiger partial charge in [0.1, 0.15) is 0 Å². The van der Waals surface area contributed by atoms with Crippen molar-refractivity contribution in [3.63, 3.8) is 0 Å². The predicted octanol–water partition coefficient (Wildman–Crippen LogP) is 3.42. The number of benzene rings is 1. The molecule has 0 radical (unpaired) electrons. The molecule has 1 aromatic carbocycles. The average Bonchev–Trinajstić information content (AvgIpc) is 2.52. The van der Waals surface area contributed by atoms with Crippen molar-refractivity contribution in [2.45, 2.75) is 13.0 Å². The van der Waals surface area contributed by atoms with Crippen molar-refractivity contribution >= 4 is 40.9 Å². The Balaban J connectivity index is 2.42. The zero-order chi connectivity index (χ0) is 13.4. The maximum Gasteiger partial charge on any atom is 0.422 e. The van der Waals surface area contributed by atoms with Crippen molar-refractivity contribution in [3.05, 3.63) is 40.4 Å². The molecule has 1 fully saturated rings. The summed E-state index contributed by atoms with van der Waals surface area (Å²) in [6.07, 6.45) is -1.71. The second kappa shape index (κ2) is 4.63. The Bertz CT molecular complexity index is 536. The number of hydrogen-bond acceptors (Lipinski definition) is 3. The zero-order valence-electron chi connectivity index (χ0n) is 9.44. The Kier molecular flexibility index (Phi) is 3.32. The van der Waals surface area contributed by atoms with Crippen LogP contribution in [0.4, 0.5) is 10.5 Å². The van der Waals surface area contributed by atoms with Gasteiger partial charge in [0.2, 0.25) is 6.10 Å². The molecule has 4 nitrogen and oxygen atoms in total. The summed E-state index contributed by atoms with van der Waals surface area (Å²) < 4.78 is 4.93. The minimum Gasteiger partial charge on any atom is -0.431 e. The Labute approximate surface area is 114 Å². The molecule has 18 heavy (non-hydrogen) atoms. The molecule has 1 aromatic rings. The van der Waals surface area contributed by atoms with Crippen LogP contribution in [0, 0.1) is 0 Å². The summed E-state index contributed by atoms with van der Waals surface area (Å²) >= 11 is 11.7. The number of halogens is 2. The molecule has 94 valence electrons. The zero-order valence-corrected chi connectivity index (χ0v) is 11.0. The van der Waals surface area contributed by atoms with Crippen molar-refractivity contribution < 1.29 is 14.3 Å². The molecular weight excluding hydrogens is 277 g/mol. The van der Waals surface area contributed by atoms with Crippen LogP contribution in [-0.2, 0) is 9.53 Å². The monoisotopic (exact) mass is 285 g/mol. The van der Waals surface area contributed by atoms with E-state index in [-0.39, 0.29) is 5.69 Å². The summed E-state index contributed by atoms with van der Waals surface area (Å²) in [5.74, 6) is -0.495. The lowest BCUT2D eigenvalue weighted by molar-refractivity contribution is -0.120. The number of carbonyl (C=O) groups excluding carboxylic acids is 2. The molecule has 1 saturated heterocycles. The molecule has 1 heterocycles. The summed E-state index contributed by atoms with van der Waals surface area (Å²) in [5, 5.41) is 0.661. The third-order valence-corrected chi connectivity index (χ3v) is 2.84. The van der Waals surface area contributed by atoms with Gasteiger partial charge >= 0.3 is 6.09 Å². The normalized spacial score (nSPS) is 19.1. The van der Waals surface area contributed by atoms with E-state index >= 15 is 0 Å². The molecule has 0 spiro atoms. The molecule has 0 bridgehead atoms. The van der Waals surface area contributed by atoms with E-state index in [0.717, 1.165) is 4.90 Å². The lowest BCUT2D eigenvalue weighted by Gasteiger charge is -2.12. The number of ether oxygens (including phenoxy) is 1. The standard InChI is InChI=1S/C12H9Cl2NO3/c1-6(2)10-11(16)15(12(17)18-10)9-4-7(13)3-8(14)5-9/h3-5,10H,1H2,2H3. The Morgan fingerprint density at radius 2 is 1.83 bits per heavy atom. The van der Waals surface area contributed by atoms with Crippen LogP contribution in [0.25, 0.3) is 0 Å². The van der Waals surface area contributed by atoms with Crippen LogP contribution in [0.3, 0.4) is 0 Å². The quantitative estimate of drug-likeness (QED) is 0.782. The van der Waals surface area contributed by atoms with Crippen LogP contribution < -0.4 is 4.90 Å². The molecule has 0 aliphatic carbocycles. The topological polar surface area (TPSA) is 46.6 Å². The van der Waals surface area contributed by atoms with Gasteiger partial charge in [0.25, 0.3) is 5.91 Å². The molecule has 2 rings (SSSR count). The highest BCUT2D eigenvalue weighted by Crippen LogP contribution is 2.30.